The smallest absolute Gasteiger partial charge is 0.871 e. The summed E-state index contributed by atoms with van der Waals surface area (Å²) in [6.45, 7) is 0. The first-order chi connectivity index (χ1) is 24.8. The second-order valence-corrected chi connectivity index (χ2v) is 15.8. The van der Waals surface area contributed by atoms with Crippen molar-refractivity contribution >= 4 is 87.2 Å². The standard InChI is InChI=1S/2C17H11ClN2O5S.Cr.Na/c2*18-9-5-6-13(21)12(7-9)19-20-14-15(22)10-3-1-2-4-11(10)16-17(14)26(23,24)8-25-16;;/h2*1-7,21-22H,8H2;;/q;;+3;+1/p-4. The van der Waals surface area contributed by atoms with E-state index in [2.05, 4.69) is 20.5 Å². The largest absolute Gasteiger partial charge is 3.00 e. The van der Waals surface area contributed by atoms with Gasteiger partial charge < -0.3 is 29.9 Å². The Morgan fingerprint density at radius 2 is 0.889 bits per heavy atom. The first-order valence-electron chi connectivity index (χ1n) is 14.8. The molecule has 54 heavy (non-hydrogen) atoms. The maximum atomic E-state index is 12.8. The van der Waals surface area contributed by atoms with Crippen molar-refractivity contribution in [2.75, 3.05) is 11.9 Å². The van der Waals surface area contributed by atoms with E-state index in [4.69, 9.17) is 32.7 Å². The summed E-state index contributed by atoms with van der Waals surface area (Å²) in [4.78, 5) is -0.612. The van der Waals surface area contributed by atoms with E-state index in [1.807, 2.05) is 0 Å². The van der Waals surface area contributed by atoms with Crippen molar-refractivity contribution in [3.63, 3.8) is 0 Å². The molecule has 0 spiro atoms. The van der Waals surface area contributed by atoms with E-state index in [1.165, 1.54) is 36.4 Å². The second-order valence-electron chi connectivity index (χ2n) is 11.1. The Bertz CT molecular complexity index is 2590. The van der Waals surface area contributed by atoms with Gasteiger partial charge in [-0.15, -0.1) is 10.2 Å². The van der Waals surface area contributed by atoms with Gasteiger partial charge in [0.05, 0.1) is 11.4 Å². The molecule has 0 saturated carbocycles. The van der Waals surface area contributed by atoms with Gasteiger partial charge in [0, 0.05) is 20.8 Å². The van der Waals surface area contributed by atoms with Crippen LogP contribution in [0.3, 0.4) is 0 Å². The summed E-state index contributed by atoms with van der Waals surface area (Å²) >= 11 is 11.7. The van der Waals surface area contributed by atoms with Gasteiger partial charge in [0.1, 0.15) is 32.7 Å². The number of sulfone groups is 2. The third kappa shape index (κ3) is 7.56. The predicted octanol–water partition coefficient (Wildman–Crippen LogP) is 3.36. The molecule has 0 fully saturated rings. The number of benzene rings is 6. The molecular formula is C34H18Cl2CrN4NaO10S2. The first-order valence-corrected chi connectivity index (χ1v) is 18.8. The monoisotopic (exact) mass is 851 g/mol. The SMILES string of the molecule is O=S1(=O)COc2c1c(N=Nc1cc(Cl)ccc1[O-])c([O-])c1ccccc21.O=S1(=O)COc2c1c(N=Nc1cc(Cl)ccc1[O-])c([O-])c1ccccc21.[Cr+3].[Na+]. The van der Waals surface area contributed by atoms with Gasteiger partial charge in [0.25, 0.3) is 0 Å². The molecule has 6 aromatic rings. The molecule has 0 N–H and O–H groups in total. The van der Waals surface area contributed by atoms with Crippen LogP contribution in [0.25, 0.3) is 21.5 Å². The normalized spacial score (nSPS) is 14.7. The average molecular weight is 853 g/mol. The topological polar surface area (TPSA) is 228 Å². The van der Waals surface area contributed by atoms with Gasteiger partial charge in [-0.3, -0.25) is 0 Å². The average Bonchev–Trinajstić information content (AvgIpc) is 3.62. The number of fused-ring (bicyclic) bond motifs is 6. The molecule has 2 aliphatic heterocycles. The van der Waals surface area contributed by atoms with Crippen LogP contribution in [0.4, 0.5) is 22.7 Å². The molecule has 20 heteroatoms. The molecule has 1 radical (unpaired) electrons. The van der Waals surface area contributed by atoms with E-state index in [0.29, 0.717) is 10.8 Å². The fourth-order valence-electron chi connectivity index (χ4n) is 5.46. The van der Waals surface area contributed by atoms with Gasteiger partial charge >= 0.3 is 46.9 Å². The maximum Gasteiger partial charge on any atom is 3.00 e. The number of hydrogen-bond acceptors (Lipinski definition) is 14. The summed E-state index contributed by atoms with van der Waals surface area (Å²) in [5.41, 5.74) is -0.962. The van der Waals surface area contributed by atoms with Crippen LogP contribution in [0.5, 0.6) is 34.5 Å². The molecule has 0 atom stereocenters. The maximum absolute atomic E-state index is 12.8. The molecule has 2 aliphatic rings. The second kappa shape index (κ2) is 15.9. The molecule has 0 aliphatic carbocycles. The zero-order valence-corrected chi connectivity index (χ0v) is 33.8. The van der Waals surface area contributed by atoms with Crippen LogP contribution < -0.4 is 59.5 Å². The van der Waals surface area contributed by atoms with Crippen LogP contribution in [0.2, 0.25) is 10.0 Å². The van der Waals surface area contributed by atoms with Gasteiger partial charge in [0.15, 0.2) is 11.9 Å². The number of azo groups is 2. The Morgan fingerprint density at radius 3 is 1.26 bits per heavy atom. The summed E-state index contributed by atoms with van der Waals surface area (Å²) < 4.78 is 60.0. The minimum Gasteiger partial charge on any atom is -0.871 e. The van der Waals surface area contributed by atoms with Crippen molar-refractivity contribution in [1.82, 2.24) is 0 Å². The molecule has 2 heterocycles. The van der Waals surface area contributed by atoms with E-state index in [1.54, 1.807) is 48.5 Å². The van der Waals surface area contributed by atoms with Gasteiger partial charge in [-0.2, -0.15) is 10.2 Å². The van der Waals surface area contributed by atoms with Crippen molar-refractivity contribution in [2.24, 2.45) is 20.5 Å². The van der Waals surface area contributed by atoms with E-state index in [9.17, 15) is 37.3 Å². The quantitative estimate of drug-likeness (QED) is 0.186. The van der Waals surface area contributed by atoms with Gasteiger partial charge in [-0.1, -0.05) is 107 Å². The zero-order valence-electron chi connectivity index (χ0n) is 27.3. The number of hydrogen-bond donors (Lipinski definition) is 0. The van der Waals surface area contributed by atoms with Crippen LogP contribution in [-0.2, 0) is 37.0 Å². The third-order valence-electron chi connectivity index (χ3n) is 7.80. The van der Waals surface area contributed by atoms with Crippen molar-refractivity contribution in [3.8, 4) is 34.5 Å². The predicted molar refractivity (Wildman–Crippen MR) is 182 cm³/mol. The summed E-state index contributed by atoms with van der Waals surface area (Å²) in [6, 6.07) is 20.7. The molecule has 0 aromatic heterocycles. The number of nitrogens with zero attached hydrogens (tertiary/aromatic N) is 4. The fourth-order valence-corrected chi connectivity index (χ4v) is 8.33. The van der Waals surface area contributed by atoms with Crippen LogP contribution in [0.1, 0.15) is 0 Å². The number of halogens is 2. The van der Waals surface area contributed by atoms with Crippen molar-refractivity contribution < 1.29 is 93.7 Å². The van der Waals surface area contributed by atoms with Crippen LogP contribution in [0, 0.1) is 0 Å². The molecule has 0 amide bonds. The summed E-state index contributed by atoms with van der Waals surface area (Å²) in [7, 11) is -7.71. The Labute approximate surface area is 349 Å². The van der Waals surface area contributed by atoms with Gasteiger partial charge in [0.2, 0.25) is 19.7 Å². The molecule has 8 rings (SSSR count). The molecule has 0 unspecified atom stereocenters. The van der Waals surface area contributed by atoms with Gasteiger partial charge in [-0.05, 0) is 35.0 Å². The van der Waals surface area contributed by atoms with Crippen LogP contribution in [-0.4, -0.2) is 28.7 Å². The Morgan fingerprint density at radius 1 is 0.537 bits per heavy atom. The van der Waals surface area contributed by atoms with E-state index in [0.717, 1.165) is 0 Å². The minimum absolute atomic E-state index is 0. The molecular weight excluding hydrogens is 834 g/mol. The fraction of sp³-hybridized carbons (Fsp3) is 0.0588. The first kappa shape index (κ1) is 41.0. The Kier molecular flexibility index (Phi) is 12.1. The molecule has 0 saturated heterocycles. The summed E-state index contributed by atoms with van der Waals surface area (Å²) in [5, 5.41) is 66.1. The Balaban J connectivity index is 0.000000200. The minimum atomic E-state index is -3.85. The van der Waals surface area contributed by atoms with Crippen molar-refractivity contribution in [3.05, 3.63) is 95.0 Å². The van der Waals surface area contributed by atoms with Crippen molar-refractivity contribution in [2.45, 2.75) is 9.79 Å². The van der Waals surface area contributed by atoms with Crippen LogP contribution >= 0.6 is 23.2 Å². The van der Waals surface area contributed by atoms with Gasteiger partial charge in [-0.25, -0.2) is 16.8 Å². The number of rotatable bonds is 4. The van der Waals surface area contributed by atoms with Crippen LogP contribution in [0.15, 0.2) is 115 Å². The summed E-state index contributed by atoms with van der Waals surface area (Å²) in [5.74, 6) is -3.14. The molecule has 6 aromatic carbocycles. The molecule has 267 valence electrons. The van der Waals surface area contributed by atoms with E-state index >= 15 is 0 Å². The Hall–Kier alpha value is -4.15. The zero-order chi connectivity index (χ0) is 36.9. The summed E-state index contributed by atoms with van der Waals surface area (Å²) in [6.07, 6.45) is 0. The van der Waals surface area contributed by atoms with E-state index in [-0.39, 0.29) is 112 Å². The van der Waals surface area contributed by atoms with Crippen molar-refractivity contribution in [1.29, 1.82) is 0 Å². The third-order valence-corrected chi connectivity index (χ3v) is 11.1. The molecule has 0 bridgehead atoms. The number of ether oxygens (including phenoxy) is 2. The molecule has 14 nitrogen and oxygen atoms in total. The van der Waals surface area contributed by atoms with E-state index < -0.39 is 54.6 Å².